The van der Waals surface area contributed by atoms with E-state index in [9.17, 15) is 9.18 Å². The Balaban J connectivity index is 1.61. The van der Waals surface area contributed by atoms with Gasteiger partial charge in [-0.2, -0.15) is 0 Å². The van der Waals surface area contributed by atoms with Crippen LogP contribution in [0, 0.1) is 5.82 Å². The van der Waals surface area contributed by atoms with Crippen molar-refractivity contribution in [1.82, 2.24) is 19.9 Å². The van der Waals surface area contributed by atoms with E-state index in [-0.39, 0.29) is 5.56 Å². The standard InChI is InChI=1S/C13H15FN4O2/c14-12-9-15-2-1-11(12)13(19)17-4-7-20-8-6-18-5-3-16-10-18/h1-3,5,9-10H,4,6-8H2,(H,17,19). The minimum Gasteiger partial charge on any atom is -0.378 e. The van der Waals surface area contributed by atoms with Gasteiger partial charge in [0.1, 0.15) is 0 Å². The van der Waals surface area contributed by atoms with Gasteiger partial charge in [0, 0.05) is 31.7 Å². The Morgan fingerprint density at radius 1 is 1.35 bits per heavy atom. The van der Waals surface area contributed by atoms with E-state index in [1.54, 1.807) is 12.5 Å². The predicted molar refractivity (Wildman–Crippen MR) is 69.6 cm³/mol. The van der Waals surface area contributed by atoms with Crippen LogP contribution in [0.4, 0.5) is 4.39 Å². The number of rotatable bonds is 7. The molecule has 0 radical (unpaired) electrons. The van der Waals surface area contributed by atoms with Crippen molar-refractivity contribution in [2.24, 2.45) is 0 Å². The number of nitrogens with one attached hydrogen (secondary N) is 1. The van der Waals surface area contributed by atoms with Crippen molar-refractivity contribution < 1.29 is 13.9 Å². The zero-order valence-electron chi connectivity index (χ0n) is 10.8. The minimum atomic E-state index is -0.633. The summed E-state index contributed by atoms with van der Waals surface area (Å²) in [6.45, 7) is 1.92. The van der Waals surface area contributed by atoms with Crippen LogP contribution in [0.5, 0.6) is 0 Å². The van der Waals surface area contributed by atoms with Crippen LogP contribution >= 0.6 is 0 Å². The second kappa shape index (κ2) is 7.34. The molecule has 0 saturated heterocycles. The molecule has 0 spiro atoms. The van der Waals surface area contributed by atoms with Crippen LogP contribution in [-0.4, -0.2) is 40.2 Å². The van der Waals surface area contributed by atoms with Gasteiger partial charge in [-0.05, 0) is 6.07 Å². The van der Waals surface area contributed by atoms with Crippen molar-refractivity contribution in [3.05, 3.63) is 48.6 Å². The fourth-order valence-corrected chi connectivity index (χ4v) is 1.58. The van der Waals surface area contributed by atoms with E-state index in [0.717, 1.165) is 6.20 Å². The summed E-state index contributed by atoms with van der Waals surface area (Å²) in [5.74, 6) is -1.10. The molecule has 7 heteroatoms. The number of halogens is 1. The first kappa shape index (κ1) is 14.1. The van der Waals surface area contributed by atoms with E-state index in [1.165, 1.54) is 12.3 Å². The predicted octanol–water partition coefficient (Wildman–Crippen LogP) is 0.864. The molecule has 0 aliphatic carbocycles. The quantitative estimate of drug-likeness (QED) is 0.763. The molecular weight excluding hydrogens is 263 g/mol. The van der Waals surface area contributed by atoms with Gasteiger partial charge in [0.2, 0.25) is 0 Å². The summed E-state index contributed by atoms with van der Waals surface area (Å²) in [5.41, 5.74) is -0.0154. The zero-order chi connectivity index (χ0) is 14.2. The van der Waals surface area contributed by atoms with Gasteiger partial charge in [-0.15, -0.1) is 0 Å². The lowest BCUT2D eigenvalue weighted by molar-refractivity contribution is 0.0904. The third kappa shape index (κ3) is 4.13. The largest absolute Gasteiger partial charge is 0.378 e. The molecule has 0 aromatic carbocycles. The maximum absolute atomic E-state index is 13.3. The van der Waals surface area contributed by atoms with Crippen LogP contribution in [0.2, 0.25) is 0 Å². The lowest BCUT2D eigenvalue weighted by Crippen LogP contribution is -2.28. The van der Waals surface area contributed by atoms with Gasteiger partial charge >= 0.3 is 0 Å². The number of carbonyl (C=O) groups is 1. The van der Waals surface area contributed by atoms with Gasteiger partial charge in [-0.1, -0.05) is 0 Å². The van der Waals surface area contributed by atoms with Crippen LogP contribution in [0.1, 0.15) is 10.4 Å². The monoisotopic (exact) mass is 278 g/mol. The third-order valence-electron chi connectivity index (χ3n) is 2.60. The molecule has 1 amide bonds. The molecule has 0 bridgehead atoms. The van der Waals surface area contributed by atoms with E-state index < -0.39 is 11.7 Å². The highest BCUT2D eigenvalue weighted by molar-refractivity contribution is 5.94. The van der Waals surface area contributed by atoms with E-state index in [2.05, 4.69) is 15.3 Å². The number of imidazole rings is 1. The van der Waals surface area contributed by atoms with Crippen molar-refractivity contribution in [2.45, 2.75) is 6.54 Å². The smallest absolute Gasteiger partial charge is 0.254 e. The maximum atomic E-state index is 13.3. The highest BCUT2D eigenvalue weighted by Gasteiger charge is 2.09. The topological polar surface area (TPSA) is 69.0 Å². The van der Waals surface area contributed by atoms with Crippen LogP contribution in [0.15, 0.2) is 37.2 Å². The molecule has 2 aromatic heterocycles. The molecule has 0 atom stereocenters. The van der Waals surface area contributed by atoms with Crippen molar-refractivity contribution in [1.29, 1.82) is 0 Å². The minimum absolute atomic E-state index is 0.0154. The van der Waals surface area contributed by atoms with Gasteiger partial charge in [-0.25, -0.2) is 9.37 Å². The number of hydrogen-bond donors (Lipinski definition) is 1. The average molecular weight is 278 g/mol. The number of carbonyl (C=O) groups excluding carboxylic acids is 1. The van der Waals surface area contributed by atoms with Gasteiger partial charge in [0.25, 0.3) is 5.91 Å². The molecule has 2 heterocycles. The maximum Gasteiger partial charge on any atom is 0.254 e. The second-order valence-electron chi connectivity index (χ2n) is 4.02. The molecule has 0 fully saturated rings. The first-order chi connectivity index (χ1) is 9.77. The zero-order valence-corrected chi connectivity index (χ0v) is 10.8. The summed E-state index contributed by atoms with van der Waals surface area (Å²) in [7, 11) is 0. The summed E-state index contributed by atoms with van der Waals surface area (Å²) in [6.07, 6.45) is 7.63. The molecule has 0 aliphatic heterocycles. The number of ether oxygens (including phenoxy) is 1. The first-order valence-electron chi connectivity index (χ1n) is 6.18. The van der Waals surface area contributed by atoms with Gasteiger partial charge < -0.3 is 14.6 Å². The molecule has 20 heavy (non-hydrogen) atoms. The number of nitrogens with zero attached hydrogens (tertiary/aromatic N) is 3. The van der Waals surface area contributed by atoms with Crippen LogP contribution in [0.25, 0.3) is 0 Å². The Labute approximate surface area is 115 Å². The van der Waals surface area contributed by atoms with Crippen molar-refractivity contribution in [3.8, 4) is 0 Å². The molecular formula is C13H15FN4O2. The first-order valence-corrected chi connectivity index (χ1v) is 6.18. The molecule has 0 aliphatic rings. The Hall–Kier alpha value is -2.28. The van der Waals surface area contributed by atoms with Crippen LogP contribution in [0.3, 0.4) is 0 Å². The summed E-state index contributed by atoms with van der Waals surface area (Å²) in [5, 5.41) is 2.58. The summed E-state index contributed by atoms with van der Waals surface area (Å²) in [6, 6.07) is 1.34. The summed E-state index contributed by atoms with van der Waals surface area (Å²) < 4.78 is 20.5. The van der Waals surface area contributed by atoms with Crippen molar-refractivity contribution in [2.75, 3.05) is 19.8 Å². The number of aromatic nitrogens is 3. The average Bonchev–Trinajstić information content (AvgIpc) is 2.96. The van der Waals surface area contributed by atoms with E-state index in [4.69, 9.17) is 4.74 Å². The SMILES string of the molecule is O=C(NCCOCCn1ccnc1)c1ccncc1F. The fourth-order valence-electron chi connectivity index (χ4n) is 1.58. The van der Waals surface area contributed by atoms with Crippen LogP contribution in [-0.2, 0) is 11.3 Å². The molecule has 2 aromatic rings. The molecule has 2 rings (SSSR count). The van der Waals surface area contributed by atoms with Crippen LogP contribution < -0.4 is 5.32 Å². The molecule has 106 valence electrons. The lowest BCUT2D eigenvalue weighted by Gasteiger charge is -2.07. The molecule has 0 saturated carbocycles. The highest BCUT2D eigenvalue weighted by atomic mass is 19.1. The molecule has 0 unspecified atom stereocenters. The van der Waals surface area contributed by atoms with Gasteiger partial charge in [-0.3, -0.25) is 9.78 Å². The summed E-state index contributed by atoms with van der Waals surface area (Å²) >= 11 is 0. The number of pyridine rings is 1. The fraction of sp³-hybridized carbons (Fsp3) is 0.308. The van der Waals surface area contributed by atoms with Crippen molar-refractivity contribution >= 4 is 5.91 Å². The second-order valence-corrected chi connectivity index (χ2v) is 4.02. The normalized spacial score (nSPS) is 10.4. The van der Waals surface area contributed by atoms with E-state index >= 15 is 0 Å². The van der Waals surface area contributed by atoms with E-state index in [1.807, 2.05) is 10.8 Å². The third-order valence-corrected chi connectivity index (χ3v) is 2.60. The Kier molecular flexibility index (Phi) is 5.19. The lowest BCUT2D eigenvalue weighted by atomic mass is 10.2. The Morgan fingerprint density at radius 2 is 2.25 bits per heavy atom. The molecule has 6 nitrogen and oxygen atoms in total. The van der Waals surface area contributed by atoms with Gasteiger partial charge in [0.05, 0.1) is 31.3 Å². The number of hydrogen-bond acceptors (Lipinski definition) is 4. The highest BCUT2D eigenvalue weighted by Crippen LogP contribution is 2.03. The molecule has 1 N–H and O–H groups in total. The summed E-state index contributed by atoms with van der Waals surface area (Å²) in [4.78, 5) is 19.1. The number of amides is 1. The Bertz CT molecular complexity index is 545. The van der Waals surface area contributed by atoms with Gasteiger partial charge in [0.15, 0.2) is 5.82 Å². The van der Waals surface area contributed by atoms with Crippen molar-refractivity contribution in [3.63, 3.8) is 0 Å². The Morgan fingerprint density at radius 3 is 3.00 bits per heavy atom. The van der Waals surface area contributed by atoms with E-state index in [0.29, 0.717) is 26.3 Å².